The summed E-state index contributed by atoms with van der Waals surface area (Å²) in [5.74, 6) is -1.39. The molecule has 0 aliphatic heterocycles. The predicted octanol–water partition coefficient (Wildman–Crippen LogP) is -0.0494. The van der Waals surface area contributed by atoms with E-state index in [9.17, 15) is 13.2 Å². The number of aromatic nitrogens is 4. The number of H-pyrrole nitrogens is 1. The standard InChI is InChI=1S/C9H11N5O4S/c1-5-7(4-10-12-5)19(17,18)13-8-6(9(15)16)3-11-14(8)2/h3-4,13H,1-2H3,(H,10,12)(H,15,16). The number of nitrogens with one attached hydrogen (secondary N) is 2. The summed E-state index contributed by atoms with van der Waals surface area (Å²) < 4.78 is 27.5. The second-order valence-corrected chi connectivity index (χ2v) is 5.45. The minimum absolute atomic E-state index is 0.0509. The molecular weight excluding hydrogens is 274 g/mol. The summed E-state index contributed by atoms with van der Waals surface area (Å²) in [6.07, 6.45) is 2.22. The maximum atomic E-state index is 12.1. The van der Waals surface area contributed by atoms with Crippen LogP contribution in [0.4, 0.5) is 5.82 Å². The van der Waals surface area contributed by atoms with E-state index < -0.39 is 16.0 Å². The first-order chi connectivity index (χ1) is 8.83. The summed E-state index contributed by atoms with van der Waals surface area (Å²) in [4.78, 5) is 10.9. The molecule has 0 aliphatic rings. The first-order valence-corrected chi connectivity index (χ1v) is 6.59. The number of hydrogen-bond acceptors (Lipinski definition) is 5. The Morgan fingerprint density at radius 1 is 1.47 bits per heavy atom. The third-order valence-electron chi connectivity index (χ3n) is 2.47. The van der Waals surface area contributed by atoms with Crippen molar-refractivity contribution in [1.82, 2.24) is 20.0 Å². The lowest BCUT2D eigenvalue weighted by Gasteiger charge is -2.08. The number of rotatable bonds is 4. The van der Waals surface area contributed by atoms with Crippen molar-refractivity contribution in [3.63, 3.8) is 0 Å². The van der Waals surface area contributed by atoms with Crippen LogP contribution in [0.2, 0.25) is 0 Å². The molecule has 0 aromatic carbocycles. The lowest BCUT2D eigenvalue weighted by molar-refractivity contribution is 0.0698. The smallest absolute Gasteiger partial charge is 0.341 e. The monoisotopic (exact) mass is 285 g/mol. The van der Waals surface area contributed by atoms with E-state index in [0.717, 1.165) is 17.1 Å². The highest BCUT2D eigenvalue weighted by Gasteiger charge is 2.24. The number of sulfonamides is 1. The number of carboxylic acid groups (broad SMARTS) is 1. The summed E-state index contributed by atoms with van der Waals surface area (Å²) in [6.45, 7) is 1.54. The van der Waals surface area contributed by atoms with Crippen LogP contribution in [0.5, 0.6) is 0 Å². The van der Waals surface area contributed by atoms with E-state index in [4.69, 9.17) is 5.11 Å². The minimum Gasteiger partial charge on any atom is -0.477 e. The second-order valence-electron chi connectivity index (χ2n) is 3.80. The molecule has 0 radical (unpaired) electrons. The predicted molar refractivity (Wildman–Crippen MR) is 64.3 cm³/mol. The first-order valence-electron chi connectivity index (χ1n) is 5.11. The van der Waals surface area contributed by atoms with Crippen LogP contribution in [-0.2, 0) is 17.1 Å². The molecule has 0 bridgehead atoms. The Hall–Kier alpha value is -2.36. The van der Waals surface area contributed by atoms with Crippen molar-refractivity contribution >= 4 is 21.8 Å². The SMILES string of the molecule is Cc1[nH]ncc1S(=O)(=O)Nc1c(C(=O)O)cnn1C. The number of anilines is 1. The molecule has 0 fully saturated rings. The van der Waals surface area contributed by atoms with Crippen LogP contribution in [0.3, 0.4) is 0 Å². The van der Waals surface area contributed by atoms with Crippen molar-refractivity contribution in [3.05, 3.63) is 23.7 Å². The van der Waals surface area contributed by atoms with Gasteiger partial charge in [-0.1, -0.05) is 0 Å². The van der Waals surface area contributed by atoms with Crippen LogP contribution < -0.4 is 4.72 Å². The normalized spacial score (nSPS) is 11.5. The van der Waals surface area contributed by atoms with E-state index in [0.29, 0.717) is 5.69 Å². The van der Waals surface area contributed by atoms with Gasteiger partial charge in [0.05, 0.1) is 18.1 Å². The fourth-order valence-electron chi connectivity index (χ4n) is 1.51. The number of aromatic carboxylic acids is 1. The molecule has 9 nitrogen and oxygen atoms in total. The van der Waals surface area contributed by atoms with Crippen LogP contribution >= 0.6 is 0 Å². The Balaban J connectivity index is 2.45. The lowest BCUT2D eigenvalue weighted by Crippen LogP contribution is -2.17. The molecule has 0 unspecified atom stereocenters. The van der Waals surface area contributed by atoms with Gasteiger partial charge in [-0.25, -0.2) is 13.2 Å². The van der Waals surface area contributed by atoms with E-state index in [1.54, 1.807) is 6.92 Å². The van der Waals surface area contributed by atoms with Crippen molar-refractivity contribution in [3.8, 4) is 0 Å². The van der Waals surface area contributed by atoms with Gasteiger partial charge in [-0.05, 0) is 6.92 Å². The van der Waals surface area contributed by atoms with Gasteiger partial charge in [0.1, 0.15) is 10.5 Å². The molecule has 2 heterocycles. The van der Waals surface area contributed by atoms with Crippen molar-refractivity contribution in [2.75, 3.05) is 4.72 Å². The quantitative estimate of drug-likeness (QED) is 0.722. The molecule has 19 heavy (non-hydrogen) atoms. The van der Waals surface area contributed by atoms with E-state index in [1.807, 2.05) is 0 Å². The highest BCUT2D eigenvalue weighted by molar-refractivity contribution is 7.92. The van der Waals surface area contributed by atoms with Gasteiger partial charge in [0.25, 0.3) is 10.0 Å². The largest absolute Gasteiger partial charge is 0.477 e. The van der Waals surface area contributed by atoms with E-state index in [2.05, 4.69) is 20.0 Å². The van der Waals surface area contributed by atoms with Gasteiger partial charge in [-0.3, -0.25) is 14.5 Å². The molecule has 0 atom stereocenters. The number of nitrogens with zero attached hydrogens (tertiary/aromatic N) is 3. The molecule has 2 aromatic rings. The average molecular weight is 285 g/mol. The molecular formula is C9H11N5O4S. The number of carboxylic acids is 1. The Morgan fingerprint density at radius 2 is 2.16 bits per heavy atom. The van der Waals surface area contributed by atoms with Gasteiger partial charge in [0, 0.05) is 7.05 Å². The van der Waals surface area contributed by atoms with Gasteiger partial charge in [-0.2, -0.15) is 10.2 Å². The van der Waals surface area contributed by atoms with E-state index in [-0.39, 0.29) is 16.3 Å². The topological polar surface area (TPSA) is 130 Å². The fourth-order valence-corrected chi connectivity index (χ4v) is 2.75. The Kier molecular flexibility index (Phi) is 3.02. The second kappa shape index (κ2) is 4.39. The number of hydrogen-bond donors (Lipinski definition) is 3. The molecule has 0 aliphatic carbocycles. The Morgan fingerprint density at radius 3 is 2.68 bits per heavy atom. The first kappa shape index (κ1) is 13.1. The molecule has 0 saturated heterocycles. The van der Waals surface area contributed by atoms with Gasteiger partial charge in [-0.15, -0.1) is 0 Å². The van der Waals surface area contributed by atoms with Crippen LogP contribution in [0.15, 0.2) is 17.3 Å². The van der Waals surface area contributed by atoms with Crippen molar-refractivity contribution < 1.29 is 18.3 Å². The van der Waals surface area contributed by atoms with Crippen molar-refractivity contribution in [1.29, 1.82) is 0 Å². The van der Waals surface area contributed by atoms with Gasteiger partial charge >= 0.3 is 5.97 Å². The lowest BCUT2D eigenvalue weighted by atomic mass is 10.3. The molecule has 3 N–H and O–H groups in total. The molecule has 0 spiro atoms. The molecule has 2 rings (SSSR count). The van der Waals surface area contributed by atoms with Crippen LogP contribution in [-0.4, -0.2) is 39.5 Å². The van der Waals surface area contributed by atoms with Crippen molar-refractivity contribution in [2.24, 2.45) is 7.05 Å². The number of aryl methyl sites for hydroxylation is 2. The van der Waals surface area contributed by atoms with E-state index >= 15 is 0 Å². The fraction of sp³-hybridized carbons (Fsp3) is 0.222. The maximum absolute atomic E-state index is 12.1. The van der Waals surface area contributed by atoms with Gasteiger partial charge in [0.2, 0.25) is 0 Å². The van der Waals surface area contributed by atoms with Crippen LogP contribution in [0.25, 0.3) is 0 Å². The Bertz CT molecular complexity index is 730. The summed E-state index contributed by atoms with van der Waals surface area (Å²) in [6, 6.07) is 0. The summed E-state index contributed by atoms with van der Waals surface area (Å²) in [5, 5.41) is 18.8. The molecule has 10 heteroatoms. The van der Waals surface area contributed by atoms with Crippen LogP contribution in [0.1, 0.15) is 16.1 Å². The molecule has 102 valence electrons. The summed E-state index contributed by atoms with van der Waals surface area (Å²) >= 11 is 0. The zero-order chi connectivity index (χ0) is 14.2. The van der Waals surface area contributed by atoms with Crippen molar-refractivity contribution in [2.45, 2.75) is 11.8 Å². The molecule has 0 saturated carbocycles. The summed E-state index contributed by atoms with van der Waals surface area (Å²) in [5.41, 5.74) is 0.124. The highest BCUT2D eigenvalue weighted by atomic mass is 32.2. The number of aromatic amines is 1. The van der Waals surface area contributed by atoms with Gasteiger partial charge in [0.15, 0.2) is 5.82 Å². The third-order valence-corrected chi connectivity index (χ3v) is 3.93. The molecule has 2 aromatic heterocycles. The Labute approximate surface area is 108 Å². The summed E-state index contributed by atoms with van der Waals surface area (Å²) in [7, 11) is -2.48. The maximum Gasteiger partial charge on any atom is 0.341 e. The van der Waals surface area contributed by atoms with Gasteiger partial charge < -0.3 is 5.11 Å². The molecule has 0 amide bonds. The van der Waals surface area contributed by atoms with Crippen LogP contribution in [0, 0.1) is 6.92 Å². The zero-order valence-electron chi connectivity index (χ0n) is 10.1. The third kappa shape index (κ3) is 2.29. The minimum atomic E-state index is -3.92. The van der Waals surface area contributed by atoms with E-state index in [1.165, 1.54) is 7.05 Å². The number of carbonyl (C=O) groups is 1. The zero-order valence-corrected chi connectivity index (χ0v) is 10.9. The highest BCUT2D eigenvalue weighted by Crippen LogP contribution is 2.20. The average Bonchev–Trinajstić information content (AvgIpc) is 2.86.